The Morgan fingerprint density at radius 2 is 2.22 bits per heavy atom. The van der Waals surface area contributed by atoms with E-state index >= 15 is 0 Å². The molecular formula is C12H23N3O3. The lowest BCUT2D eigenvalue weighted by Gasteiger charge is -2.16. The Hall–Kier alpha value is -1.30. The molecular weight excluding hydrogens is 234 g/mol. The van der Waals surface area contributed by atoms with Crippen LogP contribution in [0.1, 0.15) is 26.2 Å². The third-order valence-electron chi connectivity index (χ3n) is 3.22. The van der Waals surface area contributed by atoms with E-state index in [9.17, 15) is 9.59 Å². The fourth-order valence-electron chi connectivity index (χ4n) is 2.19. The molecule has 1 aliphatic heterocycles. The van der Waals surface area contributed by atoms with Crippen molar-refractivity contribution in [3.8, 4) is 0 Å². The van der Waals surface area contributed by atoms with Crippen LogP contribution in [0.2, 0.25) is 0 Å². The minimum absolute atomic E-state index is 0.384. The summed E-state index contributed by atoms with van der Waals surface area (Å²) in [6.07, 6.45) is 2.26. The number of aliphatic carboxylic acids is 1. The molecule has 1 saturated heterocycles. The normalized spacial score (nSPS) is 21.6. The number of carbonyl (C=O) groups is 2. The van der Waals surface area contributed by atoms with Gasteiger partial charge in [0.15, 0.2) is 0 Å². The molecule has 18 heavy (non-hydrogen) atoms. The van der Waals surface area contributed by atoms with Gasteiger partial charge in [0.25, 0.3) is 0 Å². The molecule has 2 atom stereocenters. The second kappa shape index (κ2) is 7.20. The van der Waals surface area contributed by atoms with Crippen molar-refractivity contribution in [2.45, 2.75) is 32.2 Å². The number of nitrogens with one attached hydrogen (secondary N) is 2. The van der Waals surface area contributed by atoms with E-state index in [4.69, 9.17) is 5.11 Å². The number of hydrogen-bond donors (Lipinski definition) is 3. The average molecular weight is 257 g/mol. The zero-order chi connectivity index (χ0) is 13.5. The van der Waals surface area contributed by atoms with E-state index in [1.54, 1.807) is 0 Å². The number of carbonyl (C=O) groups excluding carboxylic acids is 1. The van der Waals surface area contributed by atoms with Gasteiger partial charge in [-0.05, 0) is 32.4 Å². The van der Waals surface area contributed by atoms with Crippen LogP contribution in [0.15, 0.2) is 0 Å². The second-order valence-corrected chi connectivity index (χ2v) is 4.95. The zero-order valence-electron chi connectivity index (χ0n) is 11.1. The van der Waals surface area contributed by atoms with Crippen molar-refractivity contribution in [1.82, 2.24) is 15.5 Å². The number of urea groups is 1. The zero-order valence-corrected chi connectivity index (χ0v) is 11.1. The van der Waals surface area contributed by atoms with Gasteiger partial charge in [-0.2, -0.15) is 0 Å². The third kappa shape index (κ3) is 4.91. The Labute approximate surface area is 108 Å². The van der Waals surface area contributed by atoms with Gasteiger partial charge >= 0.3 is 12.0 Å². The van der Waals surface area contributed by atoms with E-state index in [0.717, 1.165) is 25.9 Å². The predicted molar refractivity (Wildman–Crippen MR) is 68.5 cm³/mol. The number of hydrogen-bond acceptors (Lipinski definition) is 3. The summed E-state index contributed by atoms with van der Waals surface area (Å²) in [5.41, 5.74) is 0. The topological polar surface area (TPSA) is 81.7 Å². The smallest absolute Gasteiger partial charge is 0.326 e. The quantitative estimate of drug-likeness (QED) is 0.647. The summed E-state index contributed by atoms with van der Waals surface area (Å²) in [5, 5.41) is 14.2. The molecule has 0 bridgehead atoms. The molecule has 0 spiro atoms. The first-order valence-corrected chi connectivity index (χ1v) is 6.48. The van der Waals surface area contributed by atoms with Crippen molar-refractivity contribution in [3.63, 3.8) is 0 Å². The standard InChI is InChI=1S/C12H23N3O3/c1-3-4-10(11(16)17)14-12(18)13-7-9-5-6-15(2)8-9/h9-10H,3-8H2,1-2H3,(H,16,17)(H2,13,14,18)/t9?,10-/m1/s1. The van der Waals surface area contributed by atoms with Crippen LogP contribution in [0, 0.1) is 5.92 Å². The molecule has 1 heterocycles. The van der Waals surface area contributed by atoms with Crippen molar-refractivity contribution in [1.29, 1.82) is 0 Å². The summed E-state index contributed by atoms with van der Waals surface area (Å²) in [6, 6.07) is -1.17. The minimum atomic E-state index is -0.979. The largest absolute Gasteiger partial charge is 0.480 e. The van der Waals surface area contributed by atoms with Gasteiger partial charge in [-0.3, -0.25) is 0 Å². The van der Waals surface area contributed by atoms with Crippen molar-refractivity contribution in [2.75, 3.05) is 26.7 Å². The van der Waals surface area contributed by atoms with Gasteiger partial charge in [-0.1, -0.05) is 13.3 Å². The Kier molecular flexibility index (Phi) is 5.91. The fraction of sp³-hybridized carbons (Fsp3) is 0.833. The van der Waals surface area contributed by atoms with Gasteiger partial charge in [0, 0.05) is 13.1 Å². The van der Waals surface area contributed by atoms with Crippen LogP contribution < -0.4 is 10.6 Å². The highest BCUT2D eigenvalue weighted by Crippen LogP contribution is 2.12. The van der Waals surface area contributed by atoms with Crippen LogP contribution in [-0.2, 0) is 4.79 Å². The maximum absolute atomic E-state index is 11.6. The van der Waals surface area contributed by atoms with Crippen LogP contribution in [0.3, 0.4) is 0 Å². The first-order valence-electron chi connectivity index (χ1n) is 6.48. The number of carboxylic acids is 1. The van der Waals surface area contributed by atoms with Crippen LogP contribution in [0.4, 0.5) is 4.79 Å². The van der Waals surface area contributed by atoms with Gasteiger partial charge < -0.3 is 20.6 Å². The van der Waals surface area contributed by atoms with Crippen molar-refractivity contribution >= 4 is 12.0 Å². The van der Waals surface area contributed by atoms with Crippen LogP contribution >= 0.6 is 0 Å². The van der Waals surface area contributed by atoms with Crippen molar-refractivity contribution in [3.05, 3.63) is 0 Å². The van der Waals surface area contributed by atoms with Crippen LogP contribution in [0.5, 0.6) is 0 Å². The number of nitrogens with zero attached hydrogens (tertiary/aromatic N) is 1. The molecule has 1 rings (SSSR count). The molecule has 0 aromatic heterocycles. The molecule has 1 aliphatic rings. The first-order chi connectivity index (χ1) is 8.52. The average Bonchev–Trinajstić information content (AvgIpc) is 2.72. The summed E-state index contributed by atoms with van der Waals surface area (Å²) in [5.74, 6) is -0.511. The summed E-state index contributed by atoms with van der Waals surface area (Å²) < 4.78 is 0. The van der Waals surface area contributed by atoms with Gasteiger partial charge in [-0.15, -0.1) is 0 Å². The molecule has 3 N–H and O–H groups in total. The van der Waals surface area contributed by atoms with E-state index in [0.29, 0.717) is 18.9 Å². The van der Waals surface area contributed by atoms with E-state index in [1.165, 1.54) is 0 Å². The Morgan fingerprint density at radius 1 is 1.50 bits per heavy atom. The predicted octanol–water partition coefficient (Wildman–Crippen LogP) is 0.491. The molecule has 6 heteroatoms. The van der Waals surface area contributed by atoms with Crippen molar-refractivity contribution < 1.29 is 14.7 Å². The molecule has 0 aromatic rings. The van der Waals surface area contributed by atoms with E-state index in [2.05, 4.69) is 22.6 Å². The van der Waals surface area contributed by atoms with E-state index in [-0.39, 0.29) is 6.03 Å². The lowest BCUT2D eigenvalue weighted by atomic mass is 10.1. The lowest BCUT2D eigenvalue weighted by Crippen LogP contribution is -2.47. The number of rotatable bonds is 6. The summed E-state index contributed by atoms with van der Waals surface area (Å²) >= 11 is 0. The second-order valence-electron chi connectivity index (χ2n) is 4.95. The maximum atomic E-state index is 11.6. The highest BCUT2D eigenvalue weighted by molar-refractivity contribution is 5.82. The summed E-state index contributed by atoms with van der Waals surface area (Å²) in [4.78, 5) is 24.7. The van der Waals surface area contributed by atoms with Gasteiger partial charge in [0.1, 0.15) is 6.04 Å². The Morgan fingerprint density at radius 3 is 2.72 bits per heavy atom. The Balaban J connectivity index is 2.25. The van der Waals surface area contributed by atoms with Crippen LogP contribution in [0.25, 0.3) is 0 Å². The summed E-state index contributed by atoms with van der Waals surface area (Å²) in [7, 11) is 2.06. The highest BCUT2D eigenvalue weighted by Gasteiger charge is 2.22. The molecule has 0 aromatic carbocycles. The van der Waals surface area contributed by atoms with Crippen LogP contribution in [-0.4, -0.2) is 54.7 Å². The molecule has 1 unspecified atom stereocenters. The molecule has 0 radical (unpaired) electrons. The Bertz CT molecular complexity index is 296. The fourth-order valence-corrected chi connectivity index (χ4v) is 2.19. The number of amides is 2. The monoisotopic (exact) mass is 257 g/mol. The van der Waals surface area contributed by atoms with E-state index in [1.807, 2.05) is 6.92 Å². The number of carboxylic acid groups (broad SMARTS) is 1. The molecule has 0 saturated carbocycles. The van der Waals surface area contributed by atoms with Gasteiger partial charge in [-0.25, -0.2) is 9.59 Å². The molecule has 104 valence electrons. The maximum Gasteiger partial charge on any atom is 0.326 e. The lowest BCUT2D eigenvalue weighted by molar-refractivity contribution is -0.139. The summed E-state index contributed by atoms with van der Waals surface area (Å²) in [6.45, 7) is 4.54. The molecule has 2 amide bonds. The number of likely N-dealkylation sites (tertiary alicyclic amines) is 1. The van der Waals surface area contributed by atoms with Gasteiger partial charge in [0.2, 0.25) is 0 Å². The first kappa shape index (κ1) is 14.8. The highest BCUT2D eigenvalue weighted by atomic mass is 16.4. The molecule has 1 fully saturated rings. The van der Waals surface area contributed by atoms with Crippen molar-refractivity contribution in [2.24, 2.45) is 5.92 Å². The minimum Gasteiger partial charge on any atom is -0.480 e. The van der Waals surface area contributed by atoms with Gasteiger partial charge in [0.05, 0.1) is 0 Å². The molecule has 6 nitrogen and oxygen atoms in total. The molecule has 0 aliphatic carbocycles. The van der Waals surface area contributed by atoms with E-state index < -0.39 is 12.0 Å². The third-order valence-corrected chi connectivity index (χ3v) is 3.22. The SMILES string of the molecule is CCC[C@@H](NC(=O)NCC1CCN(C)C1)C(=O)O.